The number of non-ortho nitro benzene ring substituents is 1. The van der Waals surface area contributed by atoms with E-state index >= 15 is 0 Å². The molecule has 0 bridgehead atoms. The van der Waals surface area contributed by atoms with Crippen LogP contribution in [0.25, 0.3) is 11.3 Å². The molecule has 2 amide bonds. The molecule has 11 nitrogen and oxygen atoms in total. The summed E-state index contributed by atoms with van der Waals surface area (Å²) in [5.41, 5.74) is 4.24. The standard InChI is InChI=1S/C23H17ClN6O5S/c1-13-2-4-14(5-3-13)22(32)26-23-29-28-21(36-23)11-20(31)27-25-12-16-7-9-19(35-16)17-8-6-15(30(33)34)10-18(17)24/h2-10,12H,11H2,1H3,(H,27,31)(H,26,29,32)/b25-12-. The molecular weight excluding hydrogens is 508 g/mol. The number of nitro benzene ring substituents is 1. The number of nitro groups is 1. The third kappa shape index (κ3) is 6.17. The average Bonchev–Trinajstić information content (AvgIpc) is 3.49. The molecule has 0 saturated carbocycles. The lowest BCUT2D eigenvalue weighted by Crippen LogP contribution is -2.19. The zero-order valence-corrected chi connectivity index (χ0v) is 20.2. The Morgan fingerprint density at radius 1 is 1.17 bits per heavy atom. The van der Waals surface area contributed by atoms with Gasteiger partial charge in [0.2, 0.25) is 11.0 Å². The van der Waals surface area contributed by atoms with E-state index in [1.165, 1.54) is 24.4 Å². The second-order valence-electron chi connectivity index (χ2n) is 7.41. The van der Waals surface area contributed by atoms with Crippen molar-refractivity contribution in [2.75, 3.05) is 5.32 Å². The first-order valence-electron chi connectivity index (χ1n) is 10.3. The quantitative estimate of drug-likeness (QED) is 0.194. The van der Waals surface area contributed by atoms with Crippen LogP contribution in [0.1, 0.15) is 26.7 Å². The molecule has 0 radical (unpaired) electrons. The summed E-state index contributed by atoms with van der Waals surface area (Å²) in [5.74, 6) is -0.0444. The van der Waals surface area contributed by atoms with Crippen molar-refractivity contribution >= 4 is 51.8 Å². The Morgan fingerprint density at radius 2 is 1.94 bits per heavy atom. The summed E-state index contributed by atoms with van der Waals surface area (Å²) in [6.07, 6.45) is 1.21. The number of halogens is 1. The predicted octanol–water partition coefficient (Wildman–Crippen LogP) is 4.61. The van der Waals surface area contributed by atoms with Gasteiger partial charge in [0, 0.05) is 23.3 Å². The van der Waals surface area contributed by atoms with Crippen LogP contribution in [0, 0.1) is 17.0 Å². The Hall–Kier alpha value is -4.42. The molecular formula is C23H17ClN6O5S. The first-order chi connectivity index (χ1) is 17.3. The molecule has 2 heterocycles. The van der Waals surface area contributed by atoms with Crippen LogP contribution >= 0.6 is 22.9 Å². The molecule has 36 heavy (non-hydrogen) atoms. The molecule has 2 aromatic heterocycles. The fourth-order valence-corrected chi connectivity index (χ4v) is 3.98. The summed E-state index contributed by atoms with van der Waals surface area (Å²) in [6, 6.07) is 14.4. The van der Waals surface area contributed by atoms with Gasteiger partial charge in [-0.15, -0.1) is 10.2 Å². The van der Waals surface area contributed by atoms with Gasteiger partial charge in [0.1, 0.15) is 16.5 Å². The maximum atomic E-state index is 12.3. The molecule has 13 heteroatoms. The average molecular weight is 525 g/mol. The van der Waals surface area contributed by atoms with Gasteiger partial charge in [0.05, 0.1) is 22.6 Å². The number of nitrogens with zero attached hydrogens (tertiary/aromatic N) is 4. The Bertz CT molecular complexity index is 1460. The molecule has 0 aliphatic rings. The topological polar surface area (TPSA) is 153 Å². The molecule has 0 atom stereocenters. The van der Waals surface area contributed by atoms with E-state index in [1.54, 1.807) is 24.3 Å². The van der Waals surface area contributed by atoms with Crippen molar-refractivity contribution in [3.05, 3.63) is 91.6 Å². The van der Waals surface area contributed by atoms with Gasteiger partial charge in [-0.05, 0) is 37.3 Å². The molecule has 0 fully saturated rings. The predicted molar refractivity (Wildman–Crippen MR) is 134 cm³/mol. The van der Waals surface area contributed by atoms with E-state index in [9.17, 15) is 19.7 Å². The molecule has 0 aliphatic heterocycles. The van der Waals surface area contributed by atoms with Crippen molar-refractivity contribution in [2.24, 2.45) is 5.10 Å². The van der Waals surface area contributed by atoms with E-state index in [4.69, 9.17) is 16.0 Å². The third-order valence-corrected chi connectivity index (χ3v) is 5.90. The number of aryl methyl sites for hydroxylation is 1. The van der Waals surface area contributed by atoms with Crippen LogP contribution in [0.2, 0.25) is 5.02 Å². The number of benzene rings is 2. The highest BCUT2D eigenvalue weighted by Gasteiger charge is 2.14. The summed E-state index contributed by atoms with van der Waals surface area (Å²) in [6.45, 7) is 1.93. The second-order valence-corrected chi connectivity index (χ2v) is 8.88. The summed E-state index contributed by atoms with van der Waals surface area (Å²) in [5, 5.41) is 26.0. The van der Waals surface area contributed by atoms with Crippen LogP contribution in [-0.4, -0.2) is 33.1 Å². The van der Waals surface area contributed by atoms with E-state index < -0.39 is 10.8 Å². The number of carbonyl (C=O) groups excluding carboxylic acids is 2. The number of anilines is 1. The summed E-state index contributed by atoms with van der Waals surface area (Å²) in [7, 11) is 0. The normalized spacial score (nSPS) is 10.9. The minimum absolute atomic E-state index is 0.0861. The summed E-state index contributed by atoms with van der Waals surface area (Å²) < 4.78 is 5.62. The zero-order valence-electron chi connectivity index (χ0n) is 18.6. The Kier molecular flexibility index (Phi) is 7.47. The van der Waals surface area contributed by atoms with Crippen molar-refractivity contribution in [3.63, 3.8) is 0 Å². The van der Waals surface area contributed by atoms with E-state index in [2.05, 4.69) is 26.0 Å². The molecule has 4 rings (SSSR count). The first kappa shape index (κ1) is 24.7. The van der Waals surface area contributed by atoms with Gasteiger partial charge in [-0.2, -0.15) is 5.10 Å². The highest BCUT2D eigenvalue weighted by Crippen LogP contribution is 2.32. The van der Waals surface area contributed by atoms with Crippen LogP contribution < -0.4 is 10.7 Å². The first-order valence-corrected chi connectivity index (χ1v) is 11.5. The lowest BCUT2D eigenvalue weighted by molar-refractivity contribution is -0.384. The lowest BCUT2D eigenvalue weighted by Gasteiger charge is -2.01. The molecule has 2 aromatic carbocycles. The number of hydrogen-bond acceptors (Lipinski definition) is 9. The van der Waals surface area contributed by atoms with Crippen molar-refractivity contribution in [1.82, 2.24) is 15.6 Å². The number of amides is 2. The Labute approximate surface area is 213 Å². The number of nitrogens with one attached hydrogen (secondary N) is 2. The molecule has 2 N–H and O–H groups in total. The monoisotopic (exact) mass is 524 g/mol. The van der Waals surface area contributed by atoms with Crippen LogP contribution in [0.3, 0.4) is 0 Å². The van der Waals surface area contributed by atoms with Crippen molar-refractivity contribution in [2.45, 2.75) is 13.3 Å². The maximum absolute atomic E-state index is 12.3. The van der Waals surface area contributed by atoms with Gasteiger partial charge in [-0.3, -0.25) is 25.0 Å². The third-order valence-electron chi connectivity index (χ3n) is 4.75. The molecule has 0 unspecified atom stereocenters. The number of hydrazone groups is 1. The Balaban J connectivity index is 1.30. The van der Waals surface area contributed by atoms with Gasteiger partial charge in [0.15, 0.2) is 0 Å². The highest BCUT2D eigenvalue weighted by molar-refractivity contribution is 7.15. The highest BCUT2D eigenvalue weighted by atomic mass is 35.5. The minimum Gasteiger partial charge on any atom is -0.455 e. The van der Waals surface area contributed by atoms with Gasteiger partial charge in [0.25, 0.3) is 11.6 Å². The smallest absolute Gasteiger partial charge is 0.270 e. The lowest BCUT2D eigenvalue weighted by atomic mass is 10.1. The van der Waals surface area contributed by atoms with Crippen LogP contribution in [0.4, 0.5) is 10.8 Å². The molecule has 0 aliphatic carbocycles. The largest absolute Gasteiger partial charge is 0.455 e. The number of aromatic nitrogens is 2. The van der Waals surface area contributed by atoms with Crippen LogP contribution in [-0.2, 0) is 11.2 Å². The van der Waals surface area contributed by atoms with E-state index in [1.807, 2.05) is 19.1 Å². The molecule has 182 valence electrons. The Morgan fingerprint density at radius 3 is 2.67 bits per heavy atom. The molecule has 4 aromatic rings. The SMILES string of the molecule is Cc1ccc(C(=O)Nc2nnc(CC(=O)N/N=C\c3ccc(-c4ccc([N+](=O)[O-])cc4Cl)o3)s2)cc1. The van der Waals surface area contributed by atoms with E-state index in [-0.39, 0.29) is 28.2 Å². The van der Waals surface area contributed by atoms with Crippen LogP contribution in [0.5, 0.6) is 0 Å². The van der Waals surface area contributed by atoms with E-state index in [0.717, 1.165) is 16.9 Å². The fourth-order valence-electron chi connectivity index (χ4n) is 2.98. The van der Waals surface area contributed by atoms with Gasteiger partial charge in [-0.1, -0.05) is 40.6 Å². The number of hydrogen-bond donors (Lipinski definition) is 2. The van der Waals surface area contributed by atoms with Crippen LogP contribution in [0.15, 0.2) is 64.1 Å². The number of rotatable bonds is 8. The number of carbonyl (C=O) groups is 2. The number of furan rings is 1. The van der Waals surface area contributed by atoms with Gasteiger partial charge in [-0.25, -0.2) is 5.43 Å². The van der Waals surface area contributed by atoms with Crippen molar-refractivity contribution in [3.8, 4) is 11.3 Å². The van der Waals surface area contributed by atoms with Crippen molar-refractivity contribution < 1.29 is 18.9 Å². The fraction of sp³-hybridized carbons (Fsp3) is 0.0870. The second kappa shape index (κ2) is 10.9. The summed E-state index contributed by atoms with van der Waals surface area (Å²) >= 11 is 7.20. The molecule has 0 spiro atoms. The summed E-state index contributed by atoms with van der Waals surface area (Å²) in [4.78, 5) is 34.8. The van der Waals surface area contributed by atoms with Gasteiger partial charge < -0.3 is 4.42 Å². The van der Waals surface area contributed by atoms with Crippen molar-refractivity contribution in [1.29, 1.82) is 0 Å². The minimum atomic E-state index is -0.539. The van der Waals surface area contributed by atoms with E-state index in [0.29, 0.717) is 27.7 Å². The molecule has 0 saturated heterocycles. The zero-order chi connectivity index (χ0) is 25.7. The van der Waals surface area contributed by atoms with Gasteiger partial charge >= 0.3 is 0 Å². The maximum Gasteiger partial charge on any atom is 0.270 e.